The first-order valence-corrected chi connectivity index (χ1v) is 9.87. The number of aromatic nitrogens is 1. The van der Waals surface area contributed by atoms with E-state index in [2.05, 4.69) is 5.32 Å². The maximum atomic E-state index is 13.4. The Bertz CT molecular complexity index is 1170. The number of amides is 2. The molecule has 0 aliphatic rings. The Labute approximate surface area is 190 Å². The molecule has 0 radical (unpaired) electrons. The average Bonchev–Trinajstić information content (AvgIpc) is 2.73. The second kappa shape index (κ2) is 10.3. The molecule has 0 spiro atoms. The van der Waals surface area contributed by atoms with Gasteiger partial charge in [0.05, 0.1) is 12.1 Å². The fourth-order valence-corrected chi connectivity index (χ4v) is 2.99. The molecule has 0 saturated carbocycles. The molecule has 34 heavy (non-hydrogen) atoms. The first kappa shape index (κ1) is 26.2. The van der Waals surface area contributed by atoms with E-state index in [-0.39, 0.29) is 12.5 Å². The maximum absolute atomic E-state index is 13.4. The van der Waals surface area contributed by atoms with Gasteiger partial charge in [0.25, 0.3) is 17.4 Å². The van der Waals surface area contributed by atoms with Crippen molar-refractivity contribution in [3.8, 4) is 11.6 Å². The van der Waals surface area contributed by atoms with Gasteiger partial charge in [0.2, 0.25) is 5.88 Å². The average molecular weight is 485 g/mol. The zero-order chi connectivity index (χ0) is 25.8. The van der Waals surface area contributed by atoms with E-state index in [4.69, 9.17) is 5.11 Å². The third-order valence-electron chi connectivity index (χ3n) is 4.59. The molecule has 0 aliphatic heterocycles. The lowest BCUT2D eigenvalue weighted by Gasteiger charge is -2.19. The third-order valence-corrected chi connectivity index (χ3v) is 4.59. The minimum absolute atomic E-state index is 0.0516. The van der Waals surface area contributed by atoms with Crippen molar-refractivity contribution in [2.75, 3.05) is 13.1 Å². The van der Waals surface area contributed by atoms with Gasteiger partial charge in [-0.05, 0) is 17.5 Å². The normalized spacial score (nSPS) is 11.4. The van der Waals surface area contributed by atoms with Crippen molar-refractivity contribution >= 4 is 17.8 Å². The van der Waals surface area contributed by atoms with Gasteiger partial charge in [0, 0.05) is 6.54 Å². The summed E-state index contributed by atoms with van der Waals surface area (Å²) in [5.74, 6) is -6.55. The molecule has 0 bridgehead atoms. The summed E-state index contributed by atoms with van der Waals surface area (Å²) in [5.41, 5.74) is -4.99. The number of alkyl halides is 3. The number of benzene rings is 1. The van der Waals surface area contributed by atoms with Gasteiger partial charge in [-0.3, -0.25) is 23.7 Å². The lowest BCUT2D eigenvalue weighted by molar-refractivity contribution is -0.138. The van der Waals surface area contributed by atoms with E-state index in [1.807, 2.05) is 5.32 Å². The van der Waals surface area contributed by atoms with Crippen LogP contribution in [0.15, 0.2) is 29.1 Å². The van der Waals surface area contributed by atoms with Crippen LogP contribution < -0.4 is 16.2 Å². The van der Waals surface area contributed by atoms with Crippen LogP contribution >= 0.6 is 0 Å². The summed E-state index contributed by atoms with van der Waals surface area (Å²) in [4.78, 5) is 48.8. The van der Waals surface area contributed by atoms with Crippen LogP contribution in [0.2, 0.25) is 0 Å². The molecule has 1 aromatic heterocycles. The standard InChI is InChI=1S/C21H22F3N3O7/c1-10(2)7-25-17(31)14-16(30)15(18(32)26-8-13(28)29)20(34)27(19(14)33)9-11-5-3-4-6-12(11)21(22,23)24/h3-6,10,30,34H,7-9H2,1-2H3,(H,25,31)(H,26,32)(H,28,29). The van der Waals surface area contributed by atoms with Crippen molar-refractivity contribution in [2.45, 2.75) is 26.6 Å². The van der Waals surface area contributed by atoms with E-state index in [0.717, 1.165) is 18.2 Å². The van der Waals surface area contributed by atoms with Crippen molar-refractivity contribution in [2.24, 2.45) is 5.92 Å². The van der Waals surface area contributed by atoms with Crippen LogP contribution in [0.3, 0.4) is 0 Å². The number of carboxylic acid groups (broad SMARTS) is 1. The molecule has 1 aromatic carbocycles. The number of carbonyl (C=O) groups is 3. The summed E-state index contributed by atoms with van der Waals surface area (Å²) in [7, 11) is 0. The Hall–Kier alpha value is -4.03. The summed E-state index contributed by atoms with van der Waals surface area (Å²) >= 11 is 0. The van der Waals surface area contributed by atoms with Gasteiger partial charge in [-0.25, -0.2) is 0 Å². The van der Waals surface area contributed by atoms with Crippen molar-refractivity contribution in [1.82, 2.24) is 15.2 Å². The first-order valence-electron chi connectivity index (χ1n) is 9.87. The number of halogens is 3. The molecule has 0 fully saturated rings. The Balaban J connectivity index is 2.73. The zero-order valence-corrected chi connectivity index (χ0v) is 18.1. The molecule has 10 nitrogen and oxygen atoms in total. The molecular formula is C21H22F3N3O7. The van der Waals surface area contributed by atoms with Crippen LogP contribution in [-0.4, -0.2) is 50.8 Å². The minimum Gasteiger partial charge on any atom is -0.506 e. The van der Waals surface area contributed by atoms with Crippen LogP contribution in [0.25, 0.3) is 0 Å². The number of nitrogens with one attached hydrogen (secondary N) is 2. The van der Waals surface area contributed by atoms with Gasteiger partial charge in [-0.15, -0.1) is 0 Å². The van der Waals surface area contributed by atoms with Gasteiger partial charge in [-0.1, -0.05) is 32.0 Å². The molecule has 2 amide bonds. The van der Waals surface area contributed by atoms with E-state index in [9.17, 15) is 42.6 Å². The number of pyridine rings is 1. The molecule has 184 valence electrons. The highest BCUT2D eigenvalue weighted by Crippen LogP contribution is 2.34. The number of aliphatic carboxylic acids is 1. The van der Waals surface area contributed by atoms with Crippen molar-refractivity contribution in [3.05, 3.63) is 56.9 Å². The Kier molecular flexibility index (Phi) is 7.92. The smallest absolute Gasteiger partial charge is 0.416 e. The third kappa shape index (κ3) is 5.85. The number of nitrogens with zero attached hydrogens (tertiary/aromatic N) is 1. The number of carboxylic acids is 1. The number of hydrogen-bond acceptors (Lipinski definition) is 6. The predicted molar refractivity (Wildman–Crippen MR) is 112 cm³/mol. The summed E-state index contributed by atoms with van der Waals surface area (Å²) in [6.07, 6.45) is -4.81. The van der Waals surface area contributed by atoms with Gasteiger partial charge in [-0.2, -0.15) is 13.2 Å². The molecule has 2 aromatic rings. The minimum atomic E-state index is -4.81. The number of carbonyl (C=O) groups excluding carboxylic acids is 2. The summed E-state index contributed by atoms with van der Waals surface area (Å²) in [5, 5.41) is 34.0. The van der Waals surface area contributed by atoms with Crippen molar-refractivity contribution in [1.29, 1.82) is 0 Å². The summed E-state index contributed by atoms with van der Waals surface area (Å²) < 4.78 is 40.6. The number of aromatic hydroxyl groups is 2. The van der Waals surface area contributed by atoms with Gasteiger partial charge in [0.1, 0.15) is 17.7 Å². The fourth-order valence-electron chi connectivity index (χ4n) is 2.99. The lowest BCUT2D eigenvalue weighted by Crippen LogP contribution is -2.37. The maximum Gasteiger partial charge on any atom is 0.416 e. The van der Waals surface area contributed by atoms with E-state index in [0.29, 0.717) is 4.57 Å². The van der Waals surface area contributed by atoms with Crippen molar-refractivity contribution in [3.63, 3.8) is 0 Å². The van der Waals surface area contributed by atoms with Crippen LogP contribution in [-0.2, 0) is 17.5 Å². The van der Waals surface area contributed by atoms with Gasteiger partial charge < -0.3 is 26.0 Å². The monoisotopic (exact) mass is 485 g/mol. The van der Waals surface area contributed by atoms with Crippen LogP contribution in [0.4, 0.5) is 13.2 Å². The van der Waals surface area contributed by atoms with E-state index in [1.165, 1.54) is 6.07 Å². The van der Waals surface area contributed by atoms with Crippen LogP contribution in [0, 0.1) is 5.92 Å². The highest BCUT2D eigenvalue weighted by molar-refractivity contribution is 6.05. The van der Waals surface area contributed by atoms with Crippen molar-refractivity contribution < 1.29 is 42.9 Å². The van der Waals surface area contributed by atoms with E-state index < -0.39 is 76.5 Å². The topological polar surface area (TPSA) is 158 Å². The molecule has 0 atom stereocenters. The Morgan fingerprint density at radius 1 is 1.03 bits per heavy atom. The molecule has 0 unspecified atom stereocenters. The number of hydrogen-bond donors (Lipinski definition) is 5. The van der Waals surface area contributed by atoms with E-state index in [1.54, 1.807) is 13.8 Å². The van der Waals surface area contributed by atoms with Gasteiger partial charge >= 0.3 is 12.1 Å². The van der Waals surface area contributed by atoms with Crippen LogP contribution in [0.5, 0.6) is 11.6 Å². The first-order chi connectivity index (χ1) is 15.8. The highest BCUT2D eigenvalue weighted by atomic mass is 19.4. The van der Waals surface area contributed by atoms with Gasteiger partial charge in [0.15, 0.2) is 5.75 Å². The highest BCUT2D eigenvalue weighted by Gasteiger charge is 2.34. The molecule has 1 heterocycles. The molecule has 2 rings (SSSR count). The molecule has 5 N–H and O–H groups in total. The molecule has 0 aliphatic carbocycles. The predicted octanol–water partition coefficient (Wildman–Crippen LogP) is 1.53. The SMILES string of the molecule is CC(C)CNC(=O)c1c(O)c(C(=O)NCC(=O)O)c(O)n(Cc2ccccc2C(F)(F)F)c1=O. The van der Waals surface area contributed by atoms with E-state index >= 15 is 0 Å². The number of rotatable bonds is 8. The van der Waals surface area contributed by atoms with Crippen LogP contribution in [0.1, 0.15) is 45.7 Å². The zero-order valence-electron chi connectivity index (χ0n) is 18.1. The molecular weight excluding hydrogens is 463 g/mol. The largest absolute Gasteiger partial charge is 0.506 e. The summed E-state index contributed by atoms with van der Waals surface area (Å²) in [6.45, 7) is 1.66. The summed E-state index contributed by atoms with van der Waals surface area (Å²) in [6, 6.07) is 4.14. The lowest BCUT2D eigenvalue weighted by atomic mass is 10.1. The fraction of sp³-hybridized carbons (Fsp3) is 0.333. The quantitative estimate of drug-likeness (QED) is 0.379. The molecule has 13 heteroatoms. The Morgan fingerprint density at radius 2 is 1.62 bits per heavy atom. The Morgan fingerprint density at radius 3 is 2.18 bits per heavy atom. The molecule has 0 saturated heterocycles. The second-order valence-corrected chi connectivity index (χ2v) is 7.65. The second-order valence-electron chi connectivity index (χ2n) is 7.65.